The maximum absolute atomic E-state index is 12.6. The van der Waals surface area contributed by atoms with Crippen LogP contribution in [0.4, 0.5) is 0 Å². The Morgan fingerprint density at radius 1 is 1.37 bits per heavy atom. The zero-order valence-electron chi connectivity index (χ0n) is 12.7. The van der Waals surface area contributed by atoms with Crippen LogP contribution in [-0.4, -0.2) is 53.6 Å². The molecule has 0 radical (unpaired) electrons. The zero-order chi connectivity index (χ0) is 13.8. The molecule has 2 heterocycles. The number of amides is 1. The monoisotopic (exact) mass is 267 g/mol. The van der Waals surface area contributed by atoms with E-state index in [2.05, 4.69) is 35.9 Å². The van der Waals surface area contributed by atoms with E-state index in [0.29, 0.717) is 11.9 Å². The Labute approximate surface area is 117 Å². The predicted octanol–water partition coefficient (Wildman–Crippen LogP) is 1.81. The highest BCUT2D eigenvalue weighted by atomic mass is 16.2. The quantitative estimate of drug-likeness (QED) is 0.825. The Morgan fingerprint density at radius 2 is 2.16 bits per heavy atom. The largest absolute Gasteiger partial charge is 0.322 e. The number of nitrogens with one attached hydrogen (secondary N) is 1. The Bertz CT molecular complexity index is 308. The first kappa shape index (κ1) is 14.8. The third kappa shape index (κ3) is 3.29. The summed E-state index contributed by atoms with van der Waals surface area (Å²) in [5.41, 5.74) is 0. The van der Waals surface area contributed by atoms with Crippen molar-refractivity contribution < 1.29 is 4.79 Å². The van der Waals surface area contributed by atoms with Crippen molar-refractivity contribution >= 4 is 5.91 Å². The average molecular weight is 267 g/mol. The van der Waals surface area contributed by atoms with Gasteiger partial charge < -0.3 is 9.80 Å². The van der Waals surface area contributed by atoms with Gasteiger partial charge in [-0.05, 0) is 39.3 Å². The van der Waals surface area contributed by atoms with Gasteiger partial charge in [-0.25, -0.2) is 0 Å². The molecule has 0 bridgehead atoms. The number of hydrogen-bond acceptors (Lipinski definition) is 3. The molecule has 2 saturated heterocycles. The molecule has 0 aromatic heterocycles. The molecular weight excluding hydrogens is 238 g/mol. The van der Waals surface area contributed by atoms with Gasteiger partial charge in [0.25, 0.3) is 0 Å². The van der Waals surface area contributed by atoms with E-state index in [1.165, 1.54) is 13.0 Å². The van der Waals surface area contributed by atoms with Gasteiger partial charge in [0.05, 0.1) is 12.2 Å². The van der Waals surface area contributed by atoms with Crippen LogP contribution in [0.5, 0.6) is 0 Å². The minimum absolute atomic E-state index is 0.0620. The van der Waals surface area contributed by atoms with E-state index in [9.17, 15) is 4.79 Å². The van der Waals surface area contributed by atoms with Gasteiger partial charge in [0.1, 0.15) is 0 Å². The van der Waals surface area contributed by atoms with E-state index >= 15 is 0 Å². The molecule has 2 rings (SSSR count). The first-order chi connectivity index (χ1) is 9.17. The Hall–Kier alpha value is -0.610. The molecule has 2 aliphatic rings. The summed E-state index contributed by atoms with van der Waals surface area (Å²) in [7, 11) is 0. The highest BCUT2D eigenvalue weighted by Crippen LogP contribution is 2.23. The molecule has 3 unspecified atom stereocenters. The van der Waals surface area contributed by atoms with Crippen molar-refractivity contribution in [3.05, 3.63) is 0 Å². The lowest BCUT2D eigenvalue weighted by atomic mass is 10.0. The Morgan fingerprint density at radius 3 is 2.84 bits per heavy atom. The second-order valence-corrected chi connectivity index (χ2v) is 5.97. The van der Waals surface area contributed by atoms with Crippen LogP contribution in [0, 0.1) is 0 Å². The van der Waals surface area contributed by atoms with Gasteiger partial charge in [-0.3, -0.25) is 10.1 Å². The van der Waals surface area contributed by atoms with Crippen molar-refractivity contribution in [3.8, 4) is 0 Å². The SMILES string of the molecule is CCCCC1NC(C)N(C2CCCN(CC)C2)C1=O. The number of carbonyl (C=O) groups is 1. The molecule has 0 aliphatic carbocycles. The summed E-state index contributed by atoms with van der Waals surface area (Å²) in [4.78, 5) is 17.2. The minimum Gasteiger partial charge on any atom is -0.322 e. The Kier molecular flexibility index (Phi) is 5.22. The van der Waals surface area contributed by atoms with E-state index < -0.39 is 0 Å². The van der Waals surface area contributed by atoms with Crippen LogP contribution in [0.25, 0.3) is 0 Å². The van der Waals surface area contributed by atoms with Crippen molar-refractivity contribution in [1.29, 1.82) is 0 Å². The topological polar surface area (TPSA) is 35.6 Å². The number of carbonyl (C=O) groups excluding carboxylic acids is 1. The van der Waals surface area contributed by atoms with Gasteiger partial charge in [0.2, 0.25) is 5.91 Å². The van der Waals surface area contributed by atoms with Gasteiger partial charge in [0.15, 0.2) is 0 Å². The van der Waals surface area contributed by atoms with Crippen LogP contribution in [0.1, 0.15) is 52.9 Å². The van der Waals surface area contributed by atoms with Crippen LogP contribution >= 0.6 is 0 Å². The molecule has 1 N–H and O–H groups in total. The number of unbranched alkanes of at least 4 members (excludes halogenated alkanes) is 1. The molecule has 0 aromatic carbocycles. The molecule has 4 heteroatoms. The van der Waals surface area contributed by atoms with Crippen LogP contribution in [0.15, 0.2) is 0 Å². The molecular formula is C15H29N3O. The summed E-state index contributed by atoms with van der Waals surface area (Å²) in [6, 6.07) is 0.474. The molecule has 3 atom stereocenters. The first-order valence-corrected chi connectivity index (χ1v) is 7.98. The van der Waals surface area contributed by atoms with Gasteiger partial charge in [0, 0.05) is 12.6 Å². The van der Waals surface area contributed by atoms with Crippen molar-refractivity contribution in [1.82, 2.24) is 15.1 Å². The standard InChI is InChI=1S/C15H29N3O/c1-4-6-9-14-15(19)18(12(3)16-14)13-8-7-10-17(5-2)11-13/h12-14,16H,4-11H2,1-3H3. The van der Waals surface area contributed by atoms with Crippen molar-refractivity contribution in [2.24, 2.45) is 0 Å². The molecule has 2 aliphatic heterocycles. The summed E-state index contributed by atoms with van der Waals surface area (Å²) in [5, 5.41) is 3.48. The third-order valence-corrected chi connectivity index (χ3v) is 4.58. The van der Waals surface area contributed by atoms with E-state index in [-0.39, 0.29) is 12.2 Å². The summed E-state index contributed by atoms with van der Waals surface area (Å²) >= 11 is 0. The van der Waals surface area contributed by atoms with Crippen LogP contribution in [0.2, 0.25) is 0 Å². The number of nitrogens with zero attached hydrogens (tertiary/aromatic N) is 2. The Balaban J connectivity index is 1.97. The summed E-state index contributed by atoms with van der Waals surface area (Å²) in [6.45, 7) is 9.86. The van der Waals surface area contributed by atoms with Crippen LogP contribution < -0.4 is 5.32 Å². The highest BCUT2D eigenvalue weighted by Gasteiger charge is 2.40. The third-order valence-electron chi connectivity index (χ3n) is 4.58. The lowest BCUT2D eigenvalue weighted by Crippen LogP contribution is -2.51. The van der Waals surface area contributed by atoms with Crippen molar-refractivity contribution in [2.75, 3.05) is 19.6 Å². The van der Waals surface area contributed by atoms with Crippen LogP contribution in [0.3, 0.4) is 0 Å². The second-order valence-electron chi connectivity index (χ2n) is 5.97. The maximum Gasteiger partial charge on any atom is 0.241 e. The van der Waals surface area contributed by atoms with Gasteiger partial charge in [-0.1, -0.05) is 26.7 Å². The predicted molar refractivity (Wildman–Crippen MR) is 77.9 cm³/mol. The zero-order valence-corrected chi connectivity index (χ0v) is 12.7. The fraction of sp³-hybridized carbons (Fsp3) is 0.933. The molecule has 4 nitrogen and oxygen atoms in total. The lowest BCUT2D eigenvalue weighted by molar-refractivity contribution is -0.133. The first-order valence-electron chi connectivity index (χ1n) is 7.98. The van der Waals surface area contributed by atoms with Gasteiger partial charge in [-0.2, -0.15) is 0 Å². The van der Waals surface area contributed by atoms with Crippen LogP contribution in [-0.2, 0) is 4.79 Å². The van der Waals surface area contributed by atoms with Crippen molar-refractivity contribution in [3.63, 3.8) is 0 Å². The molecule has 0 saturated carbocycles. The summed E-state index contributed by atoms with van der Waals surface area (Å²) < 4.78 is 0. The molecule has 19 heavy (non-hydrogen) atoms. The molecule has 2 fully saturated rings. The average Bonchev–Trinajstić information content (AvgIpc) is 2.71. The van der Waals surface area contributed by atoms with Gasteiger partial charge in [-0.15, -0.1) is 0 Å². The van der Waals surface area contributed by atoms with E-state index in [1.54, 1.807) is 0 Å². The number of hydrogen-bond donors (Lipinski definition) is 1. The second kappa shape index (κ2) is 6.71. The fourth-order valence-corrected chi connectivity index (χ4v) is 3.47. The highest BCUT2D eigenvalue weighted by molar-refractivity contribution is 5.84. The minimum atomic E-state index is 0.0620. The number of rotatable bonds is 5. The van der Waals surface area contributed by atoms with Crippen molar-refractivity contribution in [2.45, 2.75) is 71.1 Å². The molecule has 0 aromatic rings. The normalized spacial score (nSPS) is 33.1. The fourth-order valence-electron chi connectivity index (χ4n) is 3.47. The maximum atomic E-state index is 12.6. The smallest absolute Gasteiger partial charge is 0.241 e. The summed E-state index contributed by atoms with van der Waals surface area (Å²) in [5.74, 6) is 0.337. The number of piperidine rings is 1. The van der Waals surface area contributed by atoms with E-state index in [0.717, 1.165) is 38.8 Å². The van der Waals surface area contributed by atoms with Gasteiger partial charge >= 0.3 is 0 Å². The number of likely N-dealkylation sites (tertiary alicyclic amines) is 1. The van der Waals surface area contributed by atoms with E-state index in [4.69, 9.17) is 0 Å². The molecule has 110 valence electrons. The summed E-state index contributed by atoms with van der Waals surface area (Å²) in [6.07, 6.45) is 5.86. The lowest BCUT2D eigenvalue weighted by Gasteiger charge is -2.38. The molecule has 0 spiro atoms. The molecule has 1 amide bonds. The number of likely N-dealkylation sites (N-methyl/N-ethyl adjacent to an activating group) is 1. The van der Waals surface area contributed by atoms with E-state index in [1.807, 2.05) is 0 Å².